The molecule has 0 saturated heterocycles. The molecule has 15 heavy (non-hydrogen) atoms. The third kappa shape index (κ3) is 2.05. The SMILES string of the molecule is Cc1nc(CC2(S(=O)(=O)Cl)CC2)c(C)s1. The molecule has 0 unspecified atom stereocenters. The zero-order valence-electron chi connectivity index (χ0n) is 8.58. The zero-order valence-corrected chi connectivity index (χ0v) is 11.0. The van der Waals surface area contributed by atoms with Gasteiger partial charge in [0.2, 0.25) is 9.05 Å². The maximum absolute atomic E-state index is 11.4. The molecule has 1 aliphatic carbocycles. The van der Waals surface area contributed by atoms with Crippen LogP contribution in [0.4, 0.5) is 0 Å². The average Bonchev–Trinajstić information content (AvgIpc) is 2.76. The van der Waals surface area contributed by atoms with Gasteiger partial charge in [-0.1, -0.05) is 0 Å². The van der Waals surface area contributed by atoms with Gasteiger partial charge < -0.3 is 0 Å². The molecule has 0 aliphatic heterocycles. The van der Waals surface area contributed by atoms with Crippen molar-refractivity contribution in [2.75, 3.05) is 0 Å². The molecular weight excluding hydrogens is 254 g/mol. The second-order valence-corrected chi connectivity index (χ2v) is 8.40. The van der Waals surface area contributed by atoms with Gasteiger partial charge in [0.05, 0.1) is 15.4 Å². The minimum absolute atomic E-state index is 0.467. The monoisotopic (exact) mass is 265 g/mol. The van der Waals surface area contributed by atoms with E-state index in [1.807, 2.05) is 13.8 Å². The third-order valence-electron chi connectivity index (χ3n) is 2.81. The lowest BCUT2D eigenvalue weighted by atomic mass is 10.2. The van der Waals surface area contributed by atoms with E-state index in [2.05, 4.69) is 4.98 Å². The van der Waals surface area contributed by atoms with Crippen molar-refractivity contribution >= 4 is 31.1 Å². The molecule has 1 fully saturated rings. The van der Waals surface area contributed by atoms with E-state index in [1.165, 1.54) is 0 Å². The van der Waals surface area contributed by atoms with Crippen LogP contribution in [0.5, 0.6) is 0 Å². The summed E-state index contributed by atoms with van der Waals surface area (Å²) in [7, 11) is 1.98. The quantitative estimate of drug-likeness (QED) is 0.789. The molecular formula is C9H12ClNO2S2. The number of hydrogen-bond acceptors (Lipinski definition) is 4. The van der Waals surface area contributed by atoms with Crippen molar-refractivity contribution in [2.24, 2.45) is 0 Å². The Morgan fingerprint density at radius 3 is 2.40 bits per heavy atom. The maximum atomic E-state index is 11.4. The Labute approximate surface area is 97.9 Å². The van der Waals surface area contributed by atoms with Crippen LogP contribution >= 0.6 is 22.0 Å². The van der Waals surface area contributed by atoms with Crippen LogP contribution in [0.1, 0.15) is 28.4 Å². The highest BCUT2D eigenvalue weighted by Gasteiger charge is 2.54. The van der Waals surface area contributed by atoms with Crippen LogP contribution in [0.3, 0.4) is 0 Å². The van der Waals surface area contributed by atoms with Gasteiger partial charge in [0, 0.05) is 22.0 Å². The van der Waals surface area contributed by atoms with Crippen molar-refractivity contribution in [3.8, 4) is 0 Å². The molecule has 0 aromatic carbocycles. The molecule has 6 heteroatoms. The van der Waals surface area contributed by atoms with E-state index in [0.29, 0.717) is 19.3 Å². The van der Waals surface area contributed by atoms with Crippen LogP contribution in [0.2, 0.25) is 0 Å². The normalized spacial score (nSPS) is 19.1. The smallest absolute Gasteiger partial charge is 0.238 e. The third-order valence-corrected chi connectivity index (χ3v) is 6.31. The van der Waals surface area contributed by atoms with Crippen LogP contribution in [-0.4, -0.2) is 18.1 Å². The van der Waals surface area contributed by atoms with Crippen LogP contribution in [0, 0.1) is 13.8 Å². The number of hydrogen-bond donors (Lipinski definition) is 0. The molecule has 2 rings (SSSR count). The molecule has 1 aromatic rings. The zero-order chi connectivity index (χ0) is 11.3. The summed E-state index contributed by atoms with van der Waals surface area (Å²) in [6.07, 6.45) is 1.79. The fraction of sp³-hybridized carbons (Fsp3) is 0.667. The molecule has 1 heterocycles. The van der Waals surface area contributed by atoms with Crippen LogP contribution in [0.25, 0.3) is 0 Å². The predicted molar refractivity (Wildman–Crippen MR) is 62.0 cm³/mol. The first-order chi connectivity index (χ1) is 6.84. The van der Waals surface area contributed by atoms with Gasteiger partial charge in [0.1, 0.15) is 0 Å². The Kier molecular flexibility index (Phi) is 2.60. The number of rotatable bonds is 3. The Morgan fingerprint density at radius 1 is 1.47 bits per heavy atom. The van der Waals surface area contributed by atoms with Gasteiger partial charge >= 0.3 is 0 Å². The van der Waals surface area contributed by atoms with Gasteiger partial charge in [-0.05, 0) is 26.7 Å². The summed E-state index contributed by atoms with van der Waals surface area (Å²) in [6, 6.07) is 0. The minimum atomic E-state index is -3.46. The van der Waals surface area contributed by atoms with Gasteiger partial charge in [0.15, 0.2) is 0 Å². The maximum Gasteiger partial charge on any atom is 0.238 e. The largest absolute Gasteiger partial charge is 0.246 e. The first kappa shape index (κ1) is 11.4. The van der Waals surface area contributed by atoms with Crippen molar-refractivity contribution in [3.63, 3.8) is 0 Å². The van der Waals surface area contributed by atoms with Gasteiger partial charge in [-0.25, -0.2) is 13.4 Å². The number of aromatic nitrogens is 1. The Bertz CT molecular complexity index is 488. The van der Waals surface area contributed by atoms with E-state index in [9.17, 15) is 8.42 Å². The number of thiazole rings is 1. The van der Waals surface area contributed by atoms with Crippen molar-refractivity contribution in [3.05, 3.63) is 15.6 Å². The van der Waals surface area contributed by atoms with E-state index in [1.54, 1.807) is 11.3 Å². The fourth-order valence-corrected chi connectivity index (χ4v) is 4.05. The molecule has 0 amide bonds. The fourth-order valence-electron chi connectivity index (χ4n) is 1.69. The molecule has 3 nitrogen and oxygen atoms in total. The summed E-state index contributed by atoms with van der Waals surface area (Å²) in [5, 5.41) is 0.977. The molecule has 0 bridgehead atoms. The highest BCUT2D eigenvalue weighted by atomic mass is 35.7. The number of nitrogens with zero attached hydrogens (tertiary/aromatic N) is 1. The highest BCUT2D eigenvalue weighted by Crippen LogP contribution is 2.48. The molecule has 1 aromatic heterocycles. The first-order valence-electron chi connectivity index (χ1n) is 4.71. The summed E-state index contributed by atoms with van der Waals surface area (Å²) in [6.45, 7) is 3.90. The molecule has 0 atom stereocenters. The Hall–Kier alpha value is -0.130. The van der Waals surface area contributed by atoms with E-state index in [-0.39, 0.29) is 0 Å². The number of halogens is 1. The van der Waals surface area contributed by atoms with E-state index >= 15 is 0 Å². The summed E-state index contributed by atoms with van der Waals surface area (Å²) in [4.78, 5) is 5.44. The van der Waals surface area contributed by atoms with E-state index in [4.69, 9.17) is 10.7 Å². The Balaban J connectivity index is 2.27. The lowest BCUT2D eigenvalue weighted by Gasteiger charge is -2.09. The molecule has 0 radical (unpaired) electrons. The number of aryl methyl sites for hydroxylation is 2. The second-order valence-electron chi connectivity index (χ2n) is 4.03. The van der Waals surface area contributed by atoms with Crippen molar-refractivity contribution in [1.29, 1.82) is 0 Å². The average molecular weight is 266 g/mol. The summed E-state index contributed by atoms with van der Waals surface area (Å²) >= 11 is 1.60. The van der Waals surface area contributed by atoms with Crippen molar-refractivity contribution < 1.29 is 8.42 Å². The molecule has 1 saturated carbocycles. The highest BCUT2D eigenvalue weighted by molar-refractivity contribution is 8.15. The predicted octanol–water partition coefficient (Wildman–Crippen LogP) is 2.40. The van der Waals surface area contributed by atoms with Crippen LogP contribution in [0.15, 0.2) is 0 Å². The second kappa shape index (κ2) is 3.43. The van der Waals surface area contributed by atoms with Crippen LogP contribution < -0.4 is 0 Å². The standard InChI is InChI=1S/C9H12ClNO2S2/c1-6-8(11-7(2)14-6)5-9(3-4-9)15(10,12)13/h3-5H2,1-2H3. The summed E-state index contributed by atoms with van der Waals surface area (Å²) in [5.74, 6) is 0. The Morgan fingerprint density at radius 2 is 2.07 bits per heavy atom. The molecule has 1 aliphatic rings. The summed E-state index contributed by atoms with van der Waals surface area (Å²) in [5.41, 5.74) is 0.888. The first-order valence-corrected chi connectivity index (χ1v) is 7.84. The topological polar surface area (TPSA) is 47.0 Å². The molecule has 84 valence electrons. The van der Waals surface area contributed by atoms with Gasteiger partial charge in [0.25, 0.3) is 0 Å². The van der Waals surface area contributed by atoms with Gasteiger partial charge in [-0.15, -0.1) is 11.3 Å². The van der Waals surface area contributed by atoms with E-state index in [0.717, 1.165) is 15.6 Å². The van der Waals surface area contributed by atoms with Crippen LogP contribution in [-0.2, 0) is 15.5 Å². The molecule has 0 spiro atoms. The van der Waals surface area contributed by atoms with Crippen molar-refractivity contribution in [1.82, 2.24) is 4.98 Å². The van der Waals surface area contributed by atoms with Gasteiger partial charge in [-0.3, -0.25) is 0 Å². The van der Waals surface area contributed by atoms with E-state index < -0.39 is 13.8 Å². The van der Waals surface area contributed by atoms with Crippen molar-refractivity contribution in [2.45, 2.75) is 37.9 Å². The lowest BCUT2D eigenvalue weighted by Crippen LogP contribution is -2.21. The van der Waals surface area contributed by atoms with Gasteiger partial charge in [-0.2, -0.15) is 0 Å². The minimum Gasteiger partial charge on any atom is -0.246 e. The summed E-state index contributed by atoms with van der Waals surface area (Å²) < 4.78 is 22.0. The molecule has 0 N–H and O–H groups in total. The lowest BCUT2D eigenvalue weighted by molar-refractivity contribution is 0.589.